The maximum Gasteiger partial charge on any atom is 0.338 e. The Morgan fingerprint density at radius 2 is 1.76 bits per heavy atom. The second kappa shape index (κ2) is 8.17. The summed E-state index contributed by atoms with van der Waals surface area (Å²) in [7, 11) is 0. The highest BCUT2D eigenvalue weighted by Gasteiger charge is 2.17. The van der Waals surface area contributed by atoms with Gasteiger partial charge in [-0.15, -0.1) is 12.4 Å². The van der Waals surface area contributed by atoms with Crippen LogP contribution in [0, 0.1) is 5.92 Å². The standard InChI is InChI=1S/C16H15NO3.ClH/c1-12(15(18)14-8-5-9-17-10-14)11-20-16(19)13-6-3-2-4-7-13;/h2-10,12H,11H2,1H3;1H. The van der Waals surface area contributed by atoms with Crippen molar-refractivity contribution >= 4 is 24.2 Å². The molecular weight excluding hydrogens is 290 g/mol. The second-order valence-corrected chi connectivity index (χ2v) is 4.47. The van der Waals surface area contributed by atoms with Gasteiger partial charge in [-0.05, 0) is 24.3 Å². The fourth-order valence-corrected chi connectivity index (χ4v) is 1.73. The molecule has 0 spiro atoms. The zero-order valence-electron chi connectivity index (χ0n) is 11.6. The lowest BCUT2D eigenvalue weighted by Gasteiger charge is -2.11. The van der Waals surface area contributed by atoms with Gasteiger partial charge in [0.2, 0.25) is 0 Å². The van der Waals surface area contributed by atoms with Crippen LogP contribution >= 0.6 is 12.4 Å². The topological polar surface area (TPSA) is 56.3 Å². The SMILES string of the molecule is CC(COC(=O)c1ccccc1)C(=O)c1cccnc1.Cl. The van der Waals surface area contributed by atoms with Gasteiger partial charge >= 0.3 is 5.97 Å². The van der Waals surface area contributed by atoms with Gasteiger partial charge in [0.05, 0.1) is 11.5 Å². The monoisotopic (exact) mass is 305 g/mol. The largest absolute Gasteiger partial charge is 0.461 e. The maximum atomic E-state index is 12.1. The van der Waals surface area contributed by atoms with Gasteiger partial charge in [-0.2, -0.15) is 0 Å². The molecule has 1 aromatic carbocycles. The summed E-state index contributed by atoms with van der Waals surface area (Å²) >= 11 is 0. The number of ketones is 1. The summed E-state index contributed by atoms with van der Waals surface area (Å²) in [5, 5.41) is 0. The Hall–Kier alpha value is -2.20. The van der Waals surface area contributed by atoms with E-state index in [1.54, 1.807) is 49.5 Å². The molecule has 1 unspecified atom stereocenters. The Kier molecular flexibility index (Phi) is 6.56. The van der Waals surface area contributed by atoms with Gasteiger partial charge in [-0.25, -0.2) is 4.79 Å². The Balaban J connectivity index is 0.00000220. The Morgan fingerprint density at radius 1 is 1.10 bits per heavy atom. The zero-order chi connectivity index (χ0) is 14.4. The number of benzene rings is 1. The van der Waals surface area contributed by atoms with E-state index in [2.05, 4.69) is 4.98 Å². The average Bonchev–Trinajstić information content (AvgIpc) is 2.53. The molecule has 1 aromatic heterocycles. The number of carbonyl (C=O) groups is 2. The predicted molar refractivity (Wildman–Crippen MR) is 81.7 cm³/mol. The highest BCUT2D eigenvalue weighted by atomic mass is 35.5. The van der Waals surface area contributed by atoms with Gasteiger partial charge in [0.15, 0.2) is 5.78 Å². The Morgan fingerprint density at radius 3 is 2.38 bits per heavy atom. The first-order valence-electron chi connectivity index (χ1n) is 6.35. The van der Waals surface area contributed by atoms with E-state index in [1.165, 1.54) is 6.20 Å². The quantitative estimate of drug-likeness (QED) is 0.629. The summed E-state index contributed by atoms with van der Waals surface area (Å²) in [5.41, 5.74) is 1.00. The third-order valence-corrected chi connectivity index (χ3v) is 2.87. The van der Waals surface area contributed by atoms with Gasteiger partial charge < -0.3 is 4.74 Å². The lowest BCUT2D eigenvalue weighted by atomic mass is 10.0. The van der Waals surface area contributed by atoms with Crippen LogP contribution in [-0.2, 0) is 4.74 Å². The third-order valence-electron chi connectivity index (χ3n) is 2.87. The van der Waals surface area contributed by atoms with E-state index in [9.17, 15) is 9.59 Å². The van der Waals surface area contributed by atoms with Crippen molar-refractivity contribution in [2.24, 2.45) is 5.92 Å². The summed E-state index contributed by atoms with van der Waals surface area (Å²) in [6.45, 7) is 1.79. The second-order valence-electron chi connectivity index (χ2n) is 4.47. The van der Waals surface area contributed by atoms with Crippen LogP contribution in [-0.4, -0.2) is 23.3 Å². The molecule has 1 heterocycles. The van der Waals surface area contributed by atoms with E-state index >= 15 is 0 Å². The third kappa shape index (κ3) is 4.68. The molecule has 0 aliphatic heterocycles. The fourth-order valence-electron chi connectivity index (χ4n) is 1.73. The molecule has 0 N–H and O–H groups in total. The molecule has 2 rings (SSSR count). The van der Waals surface area contributed by atoms with Crippen molar-refractivity contribution in [3.05, 3.63) is 66.0 Å². The molecule has 0 amide bonds. The highest BCUT2D eigenvalue weighted by Crippen LogP contribution is 2.09. The zero-order valence-corrected chi connectivity index (χ0v) is 12.4. The molecule has 0 aliphatic rings. The van der Waals surface area contributed by atoms with Crippen molar-refractivity contribution in [3.8, 4) is 0 Å². The molecule has 0 saturated carbocycles. The van der Waals surface area contributed by atoms with Crippen LogP contribution in [0.15, 0.2) is 54.9 Å². The number of hydrogen-bond acceptors (Lipinski definition) is 4. The number of hydrogen-bond donors (Lipinski definition) is 0. The van der Waals surface area contributed by atoms with Gasteiger partial charge in [-0.1, -0.05) is 25.1 Å². The Bertz CT molecular complexity index is 587. The van der Waals surface area contributed by atoms with Crippen molar-refractivity contribution in [1.29, 1.82) is 0 Å². The molecule has 21 heavy (non-hydrogen) atoms. The minimum atomic E-state index is -0.420. The van der Waals surface area contributed by atoms with E-state index in [0.717, 1.165) is 0 Å². The molecule has 4 nitrogen and oxygen atoms in total. The molecule has 0 aliphatic carbocycles. The van der Waals surface area contributed by atoms with E-state index < -0.39 is 11.9 Å². The molecule has 0 radical (unpaired) electrons. The number of aromatic nitrogens is 1. The normalized spacial score (nSPS) is 11.1. The van der Waals surface area contributed by atoms with Crippen molar-refractivity contribution < 1.29 is 14.3 Å². The van der Waals surface area contributed by atoms with E-state index in [0.29, 0.717) is 11.1 Å². The minimum Gasteiger partial charge on any atom is -0.461 e. The minimum absolute atomic E-state index is 0. The van der Waals surface area contributed by atoms with Gasteiger partial charge in [-0.3, -0.25) is 9.78 Å². The first-order valence-corrected chi connectivity index (χ1v) is 6.35. The van der Waals surface area contributed by atoms with Gasteiger partial charge in [0.25, 0.3) is 0 Å². The molecule has 0 saturated heterocycles. The number of nitrogens with zero attached hydrogens (tertiary/aromatic N) is 1. The molecule has 0 fully saturated rings. The molecule has 110 valence electrons. The van der Waals surface area contributed by atoms with Crippen LogP contribution in [0.1, 0.15) is 27.6 Å². The number of ether oxygens (including phenoxy) is 1. The Labute approximate surface area is 129 Å². The van der Waals surface area contributed by atoms with E-state index in [4.69, 9.17) is 4.74 Å². The summed E-state index contributed by atoms with van der Waals surface area (Å²) in [6, 6.07) is 12.1. The lowest BCUT2D eigenvalue weighted by Crippen LogP contribution is -2.20. The number of pyridine rings is 1. The van der Waals surface area contributed by atoms with E-state index in [1.807, 2.05) is 6.07 Å². The van der Waals surface area contributed by atoms with Crippen LogP contribution in [0.2, 0.25) is 0 Å². The number of halogens is 1. The number of carbonyl (C=O) groups excluding carboxylic acids is 2. The van der Waals surface area contributed by atoms with Gasteiger partial charge in [0.1, 0.15) is 6.61 Å². The number of esters is 1. The highest BCUT2D eigenvalue weighted by molar-refractivity contribution is 5.97. The van der Waals surface area contributed by atoms with Crippen LogP contribution in [0.25, 0.3) is 0 Å². The van der Waals surface area contributed by atoms with Crippen LogP contribution in [0.5, 0.6) is 0 Å². The first-order chi connectivity index (χ1) is 9.68. The molecule has 0 bridgehead atoms. The fraction of sp³-hybridized carbons (Fsp3) is 0.188. The molecule has 1 atom stereocenters. The first kappa shape index (κ1) is 16.9. The smallest absolute Gasteiger partial charge is 0.338 e. The maximum absolute atomic E-state index is 12.1. The van der Waals surface area contributed by atoms with Crippen LogP contribution in [0.4, 0.5) is 0 Å². The summed E-state index contributed by atoms with van der Waals surface area (Å²) in [6.07, 6.45) is 3.12. The summed E-state index contributed by atoms with van der Waals surface area (Å²) in [4.78, 5) is 27.7. The van der Waals surface area contributed by atoms with Crippen molar-refractivity contribution in [2.45, 2.75) is 6.92 Å². The number of rotatable bonds is 5. The molecule has 5 heteroatoms. The van der Waals surface area contributed by atoms with Crippen LogP contribution < -0.4 is 0 Å². The number of Topliss-reactive ketones (excluding diaryl/α,β-unsaturated/α-hetero) is 1. The van der Waals surface area contributed by atoms with Crippen LogP contribution in [0.3, 0.4) is 0 Å². The lowest BCUT2D eigenvalue weighted by molar-refractivity contribution is 0.0441. The summed E-state index contributed by atoms with van der Waals surface area (Å²) < 4.78 is 5.15. The predicted octanol–water partition coefficient (Wildman–Crippen LogP) is 3.18. The molecular formula is C16H16ClNO3. The van der Waals surface area contributed by atoms with Crippen molar-refractivity contribution in [2.75, 3.05) is 6.61 Å². The van der Waals surface area contributed by atoms with Gasteiger partial charge in [0, 0.05) is 18.0 Å². The van der Waals surface area contributed by atoms with E-state index in [-0.39, 0.29) is 24.8 Å². The van der Waals surface area contributed by atoms with Crippen molar-refractivity contribution in [3.63, 3.8) is 0 Å². The van der Waals surface area contributed by atoms with Crippen molar-refractivity contribution in [1.82, 2.24) is 4.98 Å². The summed E-state index contributed by atoms with van der Waals surface area (Å²) in [5.74, 6) is -0.901. The molecule has 2 aromatic rings. The average molecular weight is 306 g/mol.